The van der Waals surface area contributed by atoms with Crippen molar-refractivity contribution in [1.29, 1.82) is 0 Å². The molecule has 2 aromatic rings. The summed E-state index contributed by atoms with van der Waals surface area (Å²) in [6.07, 6.45) is 0. The summed E-state index contributed by atoms with van der Waals surface area (Å²) in [4.78, 5) is 0. The van der Waals surface area contributed by atoms with Crippen molar-refractivity contribution in [2.75, 3.05) is 7.11 Å². The normalized spacial score (nSPS) is 12.3. The van der Waals surface area contributed by atoms with Crippen molar-refractivity contribution in [3.63, 3.8) is 0 Å². The fraction of sp³-hybridized carbons (Fsp3) is 0.143. The highest BCUT2D eigenvalue weighted by molar-refractivity contribution is 9.10. The van der Waals surface area contributed by atoms with Crippen molar-refractivity contribution in [3.8, 4) is 5.75 Å². The van der Waals surface area contributed by atoms with Gasteiger partial charge in [0.25, 0.3) is 0 Å². The molecule has 0 radical (unpaired) electrons. The molecule has 0 amide bonds. The van der Waals surface area contributed by atoms with Gasteiger partial charge in [0.2, 0.25) is 0 Å². The van der Waals surface area contributed by atoms with E-state index in [9.17, 15) is 8.78 Å². The van der Waals surface area contributed by atoms with E-state index in [-0.39, 0.29) is 5.82 Å². The number of hydrogen-bond donors (Lipinski definition) is 1. The second-order valence-electron chi connectivity index (χ2n) is 4.03. The van der Waals surface area contributed by atoms with Crippen LogP contribution in [-0.4, -0.2) is 7.11 Å². The van der Waals surface area contributed by atoms with E-state index in [0.717, 1.165) is 0 Å². The maximum Gasteiger partial charge on any atom is 0.132 e. The number of ether oxygens (including phenoxy) is 1. The molecule has 2 N–H and O–H groups in total. The summed E-state index contributed by atoms with van der Waals surface area (Å²) in [6.45, 7) is 0. The van der Waals surface area contributed by atoms with E-state index in [0.29, 0.717) is 21.3 Å². The molecule has 0 saturated heterocycles. The highest BCUT2D eigenvalue weighted by atomic mass is 79.9. The predicted molar refractivity (Wildman–Crippen MR) is 73.1 cm³/mol. The molecular weight excluding hydrogens is 316 g/mol. The smallest absolute Gasteiger partial charge is 0.132 e. The molecule has 2 nitrogen and oxygen atoms in total. The van der Waals surface area contributed by atoms with Crippen molar-refractivity contribution in [3.05, 3.63) is 63.6 Å². The molecular formula is C14H12BrF2NO. The molecule has 0 heterocycles. The topological polar surface area (TPSA) is 35.2 Å². The van der Waals surface area contributed by atoms with Gasteiger partial charge >= 0.3 is 0 Å². The summed E-state index contributed by atoms with van der Waals surface area (Å²) < 4.78 is 32.4. The Morgan fingerprint density at radius 2 is 1.79 bits per heavy atom. The average Bonchev–Trinajstić information content (AvgIpc) is 2.37. The van der Waals surface area contributed by atoms with Crippen LogP contribution in [-0.2, 0) is 0 Å². The van der Waals surface area contributed by atoms with Gasteiger partial charge in [-0.1, -0.05) is 28.1 Å². The highest BCUT2D eigenvalue weighted by Crippen LogP contribution is 2.30. The summed E-state index contributed by atoms with van der Waals surface area (Å²) in [5, 5.41) is 0. The minimum absolute atomic E-state index is 0.327. The molecule has 2 aromatic carbocycles. The van der Waals surface area contributed by atoms with Gasteiger partial charge in [-0.15, -0.1) is 0 Å². The largest absolute Gasteiger partial charge is 0.497 e. The Labute approximate surface area is 118 Å². The van der Waals surface area contributed by atoms with Crippen molar-refractivity contribution in [1.82, 2.24) is 0 Å². The van der Waals surface area contributed by atoms with Gasteiger partial charge in [-0.3, -0.25) is 0 Å². The first-order chi connectivity index (χ1) is 9.02. The van der Waals surface area contributed by atoms with Gasteiger partial charge in [0, 0.05) is 16.1 Å². The van der Waals surface area contributed by atoms with E-state index in [1.807, 2.05) is 0 Å². The monoisotopic (exact) mass is 327 g/mol. The zero-order valence-corrected chi connectivity index (χ0v) is 11.7. The summed E-state index contributed by atoms with van der Waals surface area (Å²) in [5.41, 5.74) is 6.97. The molecule has 0 saturated carbocycles. The lowest BCUT2D eigenvalue weighted by Gasteiger charge is -2.15. The number of hydrogen-bond acceptors (Lipinski definition) is 2. The van der Waals surface area contributed by atoms with E-state index in [1.54, 1.807) is 12.1 Å². The van der Waals surface area contributed by atoms with Crippen LogP contribution >= 0.6 is 15.9 Å². The minimum Gasteiger partial charge on any atom is -0.497 e. The fourth-order valence-electron chi connectivity index (χ4n) is 1.81. The van der Waals surface area contributed by atoms with Crippen LogP contribution in [0.3, 0.4) is 0 Å². The minimum atomic E-state index is -0.680. The molecule has 0 aliphatic heterocycles. The summed E-state index contributed by atoms with van der Waals surface area (Å²) >= 11 is 3.23. The maximum absolute atomic E-state index is 13.9. The molecule has 5 heteroatoms. The Morgan fingerprint density at radius 1 is 1.11 bits per heavy atom. The standard InChI is InChI=1S/C14H12BrF2NO/c1-19-9-3-5-11(13(17)7-9)14(18)10-4-2-8(16)6-12(10)15/h2-7,14H,18H2,1H3. The van der Waals surface area contributed by atoms with Crippen molar-refractivity contribution in [2.45, 2.75) is 6.04 Å². The molecule has 0 fully saturated rings. The number of halogens is 3. The first-order valence-corrected chi connectivity index (χ1v) is 6.36. The summed E-state index contributed by atoms with van der Waals surface area (Å²) in [6, 6.07) is 7.92. The zero-order valence-electron chi connectivity index (χ0n) is 10.2. The molecule has 1 unspecified atom stereocenters. The fourth-order valence-corrected chi connectivity index (χ4v) is 2.41. The van der Waals surface area contributed by atoms with Crippen molar-refractivity contribution in [2.24, 2.45) is 5.73 Å². The molecule has 1 atom stereocenters. The first-order valence-electron chi connectivity index (χ1n) is 5.57. The molecule has 0 aliphatic rings. The van der Waals surface area contributed by atoms with E-state index in [2.05, 4.69) is 15.9 Å². The third-order valence-corrected chi connectivity index (χ3v) is 3.53. The van der Waals surface area contributed by atoms with Crippen LogP contribution in [0.1, 0.15) is 17.2 Å². The van der Waals surface area contributed by atoms with Crippen LogP contribution in [0.4, 0.5) is 8.78 Å². The van der Waals surface area contributed by atoms with Gasteiger partial charge in [-0.05, 0) is 23.8 Å². The zero-order chi connectivity index (χ0) is 14.0. The Kier molecular flexibility index (Phi) is 4.17. The van der Waals surface area contributed by atoms with E-state index in [4.69, 9.17) is 10.5 Å². The lowest BCUT2D eigenvalue weighted by molar-refractivity contribution is 0.410. The number of benzene rings is 2. The molecule has 100 valence electrons. The number of rotatable bonds is 3. The van der Waals surface area contributed by atoms with Gasteiger partial charge in [0.15, 0.2) is 0 Å². The van der Waals surface area contributed by atoms with Crippen LogP contribution < -0.4 is 10.5 Å². The van der Waals surface area contributed by atoms with Crippen LogP contribution in [0.5, 0.6) is 5.75 Å². The van der Waals surface area contributed by atoms with Crippen LogP contribution in [0.2, 0.25) is 0 Å². The maximum atomic E-state index is 13.9. The quantitative estimate of drug-likeness (QED) is 0.931. The van der Waals surface area contributed by atoms with Gasteiger partial charge in [0.05, 0.1) is 13.2 Å². The van der Waals surface area contributed by atoms with Crippen LogP contribution in [0.15, 0.2) is 40.9 Å². The Bertz CT molecular complexity index is 604. The first kappa shape index (κ1) is 14.0. The van der Waals surface area contributed by atoms with Crippen molar-refractivity contribution < 1.29 is 13.5 Å². The molecule has 19 heavy (non-hydrogen) atoms. The third-order valence-electron chi connectivity index (χ3n) is 2.84. The highest BCUT2D eigenvalue weighted by Gasteiger charge is 2.17. The molecule has 2 rings (SSSR count). The van der Waals surface area contributed by atoms with Gasteiger partial charge in [0.1, 0.15) is 17.4 Å². The predicted octanol–water partition coefficient (Wildman–Crippen LogP) is 3.78. The average molecular weight is 328 g/mol. The van der Waals surface area contributed by atoms with E-state index in [1.165, 1.54) is 31.4 Å². The van der Waals surface area contributed by atoms with Crippen molar-refractivity contribution >= 4 is 15.9 Å². The second-order valence-corrected chi connectivity index (χ2v) is 4.89. The summed E-state index contributed by atoms with van der Waals surface area (Å²) in [7, 11) is 1.46. The number of methoxy groups -OCH3 is 1. The van der Waals surface area contributed by atoms with Gasteiger partial charge in [-0.25, -0.2) is 8.78 Å². The lowest BCUT2D eigenvalue weighted by atomic mass is 9.99. The SMILES string of the molecule is COc1ccc(C(N)c2ccc(F)cc2Br)c(F)c1. The molecule has 0 bridgehead atoms. The van der Waals surface area contributed by atoms with Gasteiger partial charge < -0.3 is 10.5 Å². The van der Waals surface area contributed by atoms with E-state index < -0.39 is 11.9 Å². The second kappa shape index (κ2) is 5.67. The number of nitrogens with two attached hydrogens (primary N) is 1. The molecule has 0 aromatic heterocycles. The molecule has 0 spiro atoms. The van der Waals surface area contributed by atoms with Gasteiger partial charge in [-0.2, -0.15) is 0 Å². The molecule has 0 aliphatic carbocycles. The Morgan fingerprint density at radius 3 is 2.37 bits per heavy atom. The van der Waals surface area contributed by atoms with Crippen LogP contribution in [0.25, 0.3) is 0 Å². The van der Waals surface area contributed by atoms with E-state index >= 15 is 0 Å². The summed E-state index contributed by atoms with van der Waals surface area (Å²) in [5.74, 6) is -0.410. The van der Waals surface area contributed by atoms with Crippen LogP contribution in [0, 0.1) is 11.6 Å². The third kappa shape index (κ3) is 2.93. The lowest BCUT2D eigenvalue weighted by Crippen LogP contribution is -2.14. The Hall–Kier alpha value is -1.46. The Balaban J connectivity index is 2.41.